The van der Waals surface area contributed by atoms with Crippen LogP contribution in [0.15, 0.2) is 62.7 Å². The van der Waals surface area contributed by atoms with Gasteiger partial charge < -0.3 is 5.32 Å². The van der Waals surface area contributed by atoms with Crippen molar-refractivity contribution >= 4 is 44.9 Å². The Kier molecular flexibility index (Phi) is 6.88. The van der Waals surface area contributed by atoms with Gasteiger partial charge in [-0.15, -0.1) is 11.3 Å². The standard InChI is InChI=1S/C20H19BrN2OS2/c1-14-2-4-15(5-3-14)11-22-19(24)10-18-13-26-20(23-18)25-12-16-6-8-17(21)9-7-16/h2-9,13H,10-12H2,1H3,(H,22,24). The van der Waals surface area contributed by atoms with Gasteiger partial charge in [-0.1, -0.05) is 69.7 Å². The quantitative estimate of drug-likeness (QED) is 0.496. The van der Waals surface area contributed by atoms with E-state index < -0.39 is 0 Å². The van der Waals surface area contributed by atoms with Gasteiger partial charge in [-0.25, -0.2) is 4.98 Å². The first kappa shape index (κ1) is 19.1. The second-order valence-corrected chi connectivity index (χ2v) is 8.96. The maximum atomic E-state index is 12.1. The van der Waals surface area contributed by atoms with Crippen LogP contribution in [0, 0.1) is 6.92 Å². The van der Waals surface area contributed by atoms with E-state index in [1.807, 2.05) is 29.6 Å². The van der Waals surface area contributed by atoms with Crippen LogP contribution in [0.1, 0.15) is 22.4 Å². The van der Waals surface area contributed by atoms with E-state index in [0.717, 1.165) is 25.8 Å². The SMILES string of the molecule is Cc1ccc(CNC(=O)Cc2csc(SCc3ccc(Br)cc3)n2)cc1. The minimum absolute atomic E-state index is 0.000310. The number of amides is 1. The fraction of sp³-hybridized carbons (Fsp3) is 0.200. The number of nitrogens with zero attached hydrogens (tertiary/aromatic N) is 1. The van der Waals surface area contributed by atoms with Crippen molar-refractivity contribution in [2.75, 3.05) is 0 Å². The van der Waals surface area contributed by atoms with Crippen molar-refractivity contribution < 1.29 is 4.79 Å². The Morgan fingerprint density at radius 1 is 1.12 bits per heavy atom. The molecule has 26 heavy (non-hydrogen) atoms. The topological polar surface area (TPSA) is 42.0 Å². The molecule has 0 fully saturated rings. The van der Waals surface area contributed by atoms with Crippen LogP contribution in [0.3, 0.4) is 0 Å². The smallest absolute Gasteiger partial charge is 0.226 e. The van der Waals surface area contributed by atoms with Gasteiger partial charge in [0, 0.05) is 22.2 Å². The third-order valence-corrected chi connectivity index (χ3v) is 6.43. The summed E-state index contributed by atoms with van der Waals surface area (Å²) in [6, 6.07) is 16.5. The average molecular weight is 447 g/mol. The van der Waals surface area contributed by atoms with E-state index in [0.29, 0.717) is 13.0 Å². The number of aryl methyl sites for hydroxylation is 1. The van der Waals surface area contributed by atoms with Crippen LogP contribution in [0.4, 0.5) is 0 Å². The molecule has 0 aliphatic carbocycles. The number of aromatic nitrogens is 1. The van der Waals surface area contributed by atoms with Crippen molar-refractivity contribution in [1.29, 1.82) is 0 Å². The molecule has 2 aromatic carbocycles. The molecule has 0 saturated carbocycles. The molecule has 0 aliphatic heterocycles. The average Bonchev–Trinajstić information content (AvgIpc) is 3.08. The fourth-order valence-electron chi connectivity index (χ4n) is 2.30. The predicted octanol–water partition coefficient (Wildman–Crippen LogP) is 5.37. The van der Waals surface area contributed by atoms with Gasteiger partial charge in [0.1, 0.15) is 4.34 Å². The number of hydrogen-bond acceptors (Lipinski definition) is 4. The molecule has 0 spiro atoms. The summed E-state index contributed by atoms with van der Waals surface area (Å²) in [4.78, 5) is 16.7. The number of nitrogens with one attached hydrogen (secondary N) is 1. The molecular weight excluding hydrogens is 428 g/mol. The molecule has 6 heteroatoms. The van der Waals surface area contributed by atoms with Crippen molar-refractivity contribution in [3.8, 4) is 0 Å². The molecule has 134 valence electrons. The third-order valence-electron chi connectivity index (χ3n) is 3.76. The van der Waals surface area contributed by atoms with Crippen LogP contribution in [0.25, 0.3) is 0 Å². The minimum Gasteiger partial charge on any atom is -0.352 e. The van der Waals surface area contributed by atoms with Gasteiger partial charge in [-0.3, -0.25) is 4.79 Å². The van der Waals surface area contributed by atoms with Crippen molar-refractivity contribution in [2.24, 2.45) is 0 Å². The van der Waals surface area contributed by atoms with Gasteiger partial charge in [0.15, 0.2) is 0 Å². The van der Waals surface area contributed by atoms with Gasteiger partial charge in [0.25, 0.3) is 0 Å². The summed E-state index contributed by atoms with van der Waals surface area (Å²) in [5.41, 5.74) is 4.41. The molecule has 3 rings (SSSR count). The largest absolute Gasteiger partial charge is 0.352 e. The van der Waals surface area contributed by atoms with Crippen molar-refractivity contribution in [1.82, 2.24) is 10.3 Å². The van der Waals surface area contributed by atoms with E-state index in [4.69, 9.17) is 0 Å². The first-order valence-corrected chi connectivity index (χ1v) is 10.9. The number of hydrogen-bond donors (Lipinski definition) is 1. The van der Waals surface area contributed by atoms with E-state index in [1.54, 1.807) is 23.1 Å². The Balaban J connectivity index is 1.45. The van der Waals surface area contributed by atoms with Crippen LogP contribution in [-0.2, 0) is 23.5 Å². The number of thiazole rings is 1. The van der Waals surface area contributed by atoms with Crippen LogP contribution >= 0.6 is 39.0 Å². The van der Waals surface area contributed by atoms with E-state index in [2.05, 4.69) is 57.4 Å². The fourth-order valence-corrected chi connectivity index (χ4v) is 4.36. The first-order chi connectivity index (χ1) is 12.6. The Labute approximate surface area is 170 Å². The molecule has 0 aliphatic rings. The Morgan fingerprint density at radius 2 is 1.81 bits per heavy atom. The van der Waals surface area contributed by atoms with Gasteiger partial charge in [-0.05, 0) is 30.2 Å². The minimum atomic E-state index is 0.000310. The summed E-state index contributed by atoms with van der Waals surface area (Å²) in [5.74, 6) is 0.875. The monoisotopic (exact) mass is 446 g/mol. The van der Waals surface area contributed by atoms with E-state index >= 15 is 0 Å². The number of rotatable bonds is 7. The summed E-state index contributed by atoms with van der Waals surface area (Å²) in [6.07, 6.45) is 0.321. The van der Waals surface area contributed by atoms with Crippen molar-refractivity contribution in [2.45, 2.75) is 30.0 Å². The summed E-state index contributed by atoms with van der Waals surface area (Å²) in [6.45, 7) is 2.60. The first-order valence-electron chi connectivity index (χ1n) is 8.22. The van der Waals surface area contributed by atoms with Crippen LogP contribution in [0.2, 0.25) is 0 Å². The number of benzene rings is 2. The molecule has 1 aromatic heterocycles. The summed E-state index contributed by atoms with van der Waals surface area (Å²) < 4.78 is 2.08. The molecular formula is C20H19BrN2OS2. The second kappa shape index (κ2) is 9.35. The molecule has 1 amide bonds. The van der Waals surface area contributed by atoms with Crippen molar-refractivity contribution in [3.63, 3.8) is 0 Å². The molecule has 0 bridgehead atoms. The van der Waals surface area contributed by atoms with Crippen molar-refractivity contribution in [3.05, 3.63) is 80.8 Å². The summed E-state index contributed by atoms with van der Waals surface area (Å²) in [7, 11) is 0. The number of thioether (sulfide) groups is 1. The lowest BCUT2D eigenvalue weighted by atomic mass is 10.1. The molecule has 0 saturated heterocycles. The highest BCUT2D eigenvalue weighted by Gasteiger charge is 2.08. The van der Waals surface area contributed by atoms with Gasteiger partial charge in [0.2, 0.25) is 5.91 Å². The van der Waals surface area contributed by atoms with E-state index in [-0.39, 0.29) is 5.91 Å². The van der Waals surface area contributed by atoms with Crippen LogP contribution in [-0.4, -0.2) is 10.9 Å². The molecule has 0 radical (unpaired) electrons. The molecule has 3 aromatic rings. The molecule has 1 heterocycles. The summed E-state index contributed by atoms with van der Waals surface area (Å²) >= 11 is 6.74. The highest BCUT2D eigenvalue weighted by atomic mass is 79.9. The predicted molar refractivity (Wildman–Crippen MR) is 113 cm³/mol. The highest BCUT2D eigenvalue weighted by molar-refractivity contribution is 9.10. The van der Waals surface area contributed by atoms with E-state index in [1.165, 1.54) is 11.1 Å². The molecule has 1 N–H and O–H groups in total. The van der Waals surface area contributed by atoms with Gasteiger partial charge in [-0.2, -0.15) is 0 Å². The number of halogens is 1. The number of carbonyl (C=O) groups is 1. The van der Waals surface area contributed by atoms with Gasteiger partial charge in [0.05, 0.1) is 12.1 Å². The highest BCUT2D eigenvalue weighted by Crippen LogP contribution is 2.26. The van der Waals surface area contributed by atoms with Crippen LogP contribution in [0.5, 0.6) is 0 Å². The molecule has 0 atom stereocenters. The summed E-state index contributed by atoms with van der Waals surface area (Å²) in [5, 5.41) is 4.92. The Bertz CT molecular complexity index is 860. The lowest BCUT2D eigenvalue weighted by Crippen LogP contribution is -2.24. The maximum Gasteiger partial charge on any atom is 0.226 e. The maximum absolute atomic E-state index is 12.1. The molecule has 3 nitrogen and oxygen atoms in total. The third kappa shape index (κ3) is 5.97. The lowest BCUT2D eigenvalue weighted by Gasteiger charge is -2.04. The lowest BCUT2D eigenvalue weighted by molar-refractivity contribution is -0.120. The Morgan fingerprint density at radius 3 is 2.54 bits per heavy atom. The zero-order valence-corrected chi connectivity index (χ0v) is 17.6. The Hall–Kier alpha value is -1.63. The molecule has 0 unspecified atom stereocenters. The zero-order chi connectivity index (χ0) is 18.4. The van der Waals surface area contributed by atoms with Crippen LogP contribution < -0.4 is 5.32 Å². The normalized spacial score (nSPS) is 10.7. The van der Waals surface area contributed by atoms with E-state index in [9.17, 15) is 4.79 Å². The van der Waals surface area contributed by atoms with Gasteiger partial charge >= 0.3 is 0 Å². The number of carbonyl (C=O) groups excluding carboxylic acids is 1. The second-order valence-electron chi connectivity index (χ2n) is 5.96. The zero-order valence-electron chi connectivity index (χ0n) is 14.4.